The molecule has 1 aliphatic heterocycles. The molecule has 2 N–H and O–H groups in total. The molecule has 134 valence electrons. The number of allylic oxidation sites excluding steroid dienone is 1. The lowest BCUT2D eigenvalue weighted by Gasteiger charge is -2.35. The normalized spacial score (nSPS) is 23.7. The number of ketones is 1. The summed E-state index contributed by atoms with van der Waals surface area (Å²) in [5.41, 5.74) is 4.10. The average molecular weight is 365 g/mol. The molecular weight excluding hydrogens is 340 g/mol. The van der Waals surface area contributed by atoms with Crippen LogP contribution in [0.15, 0.2) is 65.2 Å². The van der Waals surface area contributed by atoms with Crippen molar-refractivity contribution in [2.45, 2.75) is 31.2 Å². The van der Waals surface area contributed by atoms with E-state index in [4.69, 9.17) is 0 Å². The Kier molecular flexibility index (Phi) is 4.31. The molecule has 4 rings (SSSR count). The maximum absolute atomic E-state index is 13.1. The maximum atomic E-state index is 13.1. The molecule has 2 aliphatic rings. The summed E-state index contributed by atoms with van der Waals surface area (Å²) < 4.78 is 0. The predicted octanol–water partition coefficient (Wildman–Crippen LogP) is 5.49. The third kappa shape index (κ3) is 3.14. The molecule has 0 bridgehead atoms. The number of anilines is 2. The largest absolute Gasteiger partial charge is 0.375 e. The highest BCUT2D eigenvalue weighted by Crippen LogP contribution is 2.45. The van der Waals surface area contributed by atoms with Gasteiger partial charge in [0.25, 0.3) is 0 Å². The third-order valence-electron chi connectivity index (χ3n) is 5.18. The summed E-state index contributed by atoms with van der Waals surface area (Å²) in [6.07, 6.45) is 4.89. The SMILES string of the molecule is CSc1ccc(C2Nc3ccccc3NC3=CC(C)(C)CC(=O)C32)cc1. The topological polar surface area (TPSA) is 41.1 Å². The molecule has 0 radical (unpaired) electrons. The van der Waals surface area contributed by atoms with Gasteiger partial charge in [-0.3, -0.25) is 4.79 Å². The predicted molar refractivity (Wildman–Crippen MR) is 110 cm³/mol. The first-order valence-electron chi connectivity index (χ1n) is 8.99. The molecule has 0 saturated carbocycles. The Hall–Kier alpha value is -2.20. The standard InChI is InChI=1S/C22H24N2OS/c1-22(2)12-18-20(19(25)13-22)21(14-8-10-15(26-3)11-9-14)24-17-7-5-4-6-16(17)23-18/h4-12,20-21,23-24H,13H2,1-3H3. The highest BCUT2D eigenvalue weighted by molar-refractivity contribution is 7.98. The van der Waals surface area contributed by atoms with Crippen LogP contribution in [-0.4, -0.2) is 12.0 Å². The summed E-state index contributed by atoms with van der Waals surface area (Å²) in [4.78, 5) is 14.4. The van der Waals surface area contributed by atoms with Crippen LogP contribution < -0.4 is 10.6 Å². The fraction of sp³-hybridized carbons (Fsp3) is 0.318. The van der Waals surface area contributed by atoms with Crippen molar-refractivity contribution >= 4 is 28.9 Å². The zero-order valence-corrected chi connectivity index (χ0v) is 16.2. The van der Waals surface area contributed by atoms with Gasteiger partial charge in [-0.1, -0.05) is 44.2 Å². The fourth-order valence-electron chi connectivity index (χ4n) is 3.98. The summed E-state index contributed by atoms with van der Waals surface area (Å²) in [5, 5.41) is 7.18. The van der Waals surface area contributed by atoms with Crippen LogP contribution >= 0.6 is 11.8 Å². The van der Waals surface area contributed by atoms with E-state index in [9.17, 15) is 4.79 Å². The van der Waals surface area contributed by atoms with Crippen molar-refractivity contribution in [1.82, 2.24) is 0 Å². The van der Waals surface area contributed by atoms with Gasteiger partial charge < -0.3 is 10.6 Å². The number of para-hydroxylation sites is 2. The first-order valence-corrected chi connectivity index (χ1v) is 10.2. The number of carbonyl (C=O) groups is 1. The first-order chi connectivity index (χ1) is 12.5. The summed E-state index contributed by atoms with van der Waals surface area (Å²) in [5.74, 6) is 0.0924. The Morgan fingerprint density at radius 1 is 1.04 bits per heavy atom. The highest BCUT2D eigenvalue weighted by atomic mass is 32.2. The fourth-order valence-corrected chi connectivity index (χ4v) is 4.39. The van der Waals surface area contributed by atoms with Crippen LogP contribution in [0.1, 0.15) is 31.9 Å². The van der Waals surface area contributed by atoms with Crippen LogP contribution in [0.2, 0.25) is 0 Å². The minimum atomic E-state index is -0.199. The number of hydrogen-bond acceptors (Lipinski definition) is 4. The molecule has 2 unspecified atom stereocenters. The molecule has 3 nitrogen and oxygen atoms in total. The molecule has 2 atom stereocenters. The lowest BCUT2D eigenvalue weighted by atomic mass is 9.72. The monoisotopic (exact) mass is 364 g/mol. The van der Waals surface area contributed by atoms with E-state index in [2.05, 4.69) is 73.2 Å². The minimum absolute atomic E-state index is 0.0723. The second kappa shape index (κ2) is 6.51. The number of rotatable bonds is 2. The Balaban J connectivity index is 1.84. The smallest absolute Gasteiger partial charge is 0.145 e. The molecule has 2 aromatic rings. The van der Waals surface area contributed by atoms with Gasteiger partial charge >= 0.3 is 0 Å². The number of benzene rings is 2. The van der Waals surface area contributed by atoms with E-state index in [-0.39, 0.29) is 17.4 Å². The van der Waals surface area contributed by atoms with Crippen molar-refractivity contribution in [3.8, 4) is 0 Å². The second-order valence-corrected chi connectivity index (χ2v) is 8.65. The van der Waals surface area contributed by atoms with Crippen molar-refractivity contribution < 1.29 is 4.79 Å². The lowest BCUT2D eigenvalue weighted by Crippen LogP contribution is -2.36. The molecule has 2 aromatic carbocycles. The molecule has 4 heteroatoms. The van der Waals surface area contributed by atoms with Crippen LogP contribution in [0.25, 0.3) is 0 Å². The number of carbonyl (C=O) groups excluding carboxylic acids is 1. The summed E-state index contributed by atoms with van der Waals surface area (Å²) in [6.45, 7) is 4.25. The Morgan fingerprint density at radius 3 is 2.42 bits per heavy atom. The van der Waals surface area contributed by atoms with E-state index in [1.54, 1.807) is 11.8 Å². The van der Waals surface area contributed by atoms with Crippen LogP contribution in [-0.2, 0) is 4.79 Å². The van der Waals surface area contributed by atoms with Crippen LogP contribution in [0.4, 0.5) is 11.4 Å². The van der Waals surface area contributed by atoms with Crippen molar-refractivity contribution in [3.05, 3.63) is 65.9 Å². The quantitative estimate of drug-likeness (QED) is 0.692. The van der Waals surface area contributed by atoms with Crippen molar-refractivity contribution in [1.29, 1.82) is 0 Å². The third-order valence-corrected chi connectivity index (χ3v) is 5.93. The number of fused-ring (bicyclic) bond motifs is 2. The Morgan fingerprint density at radius 2 is 1.73 bits per heavy atom. The van der Waals surface area contributed by atoms with Gasteiger partial charge in [-0.25, -0.2) is 0 Å². The van der Waals surface area contributed by atoms with Crippen molar-refractivity contribution in [2.75, 3.05) is 16.9 Å². The molecule has 0 aromatic heterocycles. The molecular formula is C22H24N2OS. The Bertz CT molecular complexity index is 870. The maximum Gasteiger partial charge on any atom is 0.145 e. The van der Waals surface area contributed by atoms with Gasteiger partial charge in [0.1, 0.15) is 5.78 Å². The van der Waals surface area contributed by atoms with E-state index in [1.807, 2.05) is 12.1 Å². The zero-order chi connectivity index (χ0) is 18.3. The summed E-state index contributed by atoms with van der Waals surface area (Å²) in [6, 6.07) is 16.6. The van der Waals surface area contributed by atoms with Gasteiger partial charge in [0.2, 0.25) is 0 Å². The van der Waals surface area contributed by atoms with Gasteiger partial charge in [-0.05, 0) is 41.5 Å². The summed E-state index contributed by atoms with van der Waals surface area (Å²) in [7, 11) is 0. The number of hydrogen-bond donors (Lipinski definition) is 2. The number of nitrogens with one attached hydrogen (secondary N) is 2. The highest BCUT2D eigenvalue weighted by Gasteiger charge is 2.41. The van der Waals surface area contributed by atoms with E-state index in [1.165, 1.54) is 4.90 Å². The Labute approximate surface area is 159 Å². The van der Waals surface area contributed by atoms with Crippen LogP contribution in [0.5, 0.6) is 0 Å². The van der Waals surface area contributed by atoms with Crippen molar-refractivity contribution in [3.63, 3.8) is 0 Å². The zero-order valence-electron chi connectivity index (χ0n) is 15.4. The average Bonchev–Trinajstić information content (AvgIpc) is 2.77. The van der Waals surface area contributed by atoms with Crippen LogP contribution in [0.3, 0.4) is 0 Å². The van der Waals surface area contributed by atoms with E-state index in [0.29, 0.717) is 12.2 Å². The molecule has 0 saturated heterocycles. The van der Waals surface area contributed by atoms with Gasteiger partial charge in [0.05, 0.1) is 23.3 Å². The first kappa shape index (κ1) is 17.2. The number of thioether (sulfide) groups is 1. The molecule has 1 heterocycles. The molecule has 1 aliphatic carbocycles. The van der Waals surface area contributed by atoms with Crippen molar-refractivity contribution in [2.24, 2.45) is 11.3 Å². The van der Waals surface area contributed by atoms with E-state index < -0.39 is 0 Å². The van der Waals surface area contributed by atoms with Gasteiger partial charge in [0.15, 0.2) is 0 Å². The van der Waals surface area contributed by atoms with Crippen LogP contribution in [0, 0.1) is 11.3 Å². The lowest BCUT2D eigenvalue weighted by molar-refractivity contribution is -0.124. The second-order valence-electron chi connectivity index (χ2n) is 7.77. The minimum Gasteiger partial charge on any atom is -0.375 e. The van der Waals surface area contributed by atoms with E-state index >= 15 is 0 Å². The van der Waals surface area contributed by atoms with Gasteiger partial charge in [0, 0.05) is 17.0 Å². The van der Waals surface area contributed by atoms with Gasteiger partial charge in [-0.2, -0.15) is 0 Å². The molecule has 0 amide bonds. The molecule has 0 spiro atoms. The molecule has 26 heavy (non-hydrogen) atoms. The van der Waals surface area contributed by atoms with E-state index in [0.717, 1.165) is 22.6 Å². The number of Topliss-reactive ketones (excluding diaryl/α,β-unsaturated/α-hetero) is 1. The van der Waals surface area contributed by atoms with Gasteiger partial charge in [-0.15, -0.1) is 11.8 Å². The summed E-state index contributed by atoms with van der Waals surface area (Å²) >= 11 is 1.73. The molecule has 0 fully saturated rings.